The molecular weight excluding hydrogens is 382 g/mol. The third-order valence-electron chi connectivity index (χ3n) is 4.80. The van der Waals surface area contributed by atoms with Crippen molar-refractivity contribution >= 4 is 27.9 Å². The van der Waals surface area contributed by atoms with Gasteiger partial charge in [-0.3, -0.25) is 4.79 Å². The van der Waals surface area contributed by atoms with E-state index in [-0.39, 0.29) is 23.9 Å². The van der Waals surface area contributed by atoms with E-state index in [0.29, 0.717) is 19.6 Å². The molecule has 1 fully saturated rings. The lowest BCUT2D eigenvalue weighted by atomic mass is 9.96. The number of piperidine rings is 1. The third-order valence-corrected chi connectivity index (χ3v) is 5.30. The molecule has 0 spiro atoms. The Hall–Kier alpha value is -1.56. The van der Waals surface area contributed by atoms with E-state index in [9.17, 15) is 9.59 Å². The number of hydrogen-bond acceptors (Lipinski definition) is 2. The molecule has 2 atom stereocenters. The standard InChI is InChI=1S/C19H28BrN3O2/c1-4-22(5-2)19(25)23-11-7-9-16(13-23)18(24)21-14(3)15-8-6-10-17(20)12-15/h6,8,10,12,14,16H,4-5,7,9,11,13H2,1-3H3,(H,21,24)/t14-,16+/m1/s1. The minimum Gasteiger partial charge on any atom is -0.349 e. The Balaban J connectivity index is 1.96. The maximum atomic E-state index is 12.7. The number of carbonyl (C=O) groups is 2. The third kappa shape index (κ3) is 5.21. The topological polar surface area (TPSA) is 52.7 Å². The Kier molecular flexibility index (Phi) is 7.29. The van der Waals surface area contributed by atoms with Crippen molar-refractivity contribution in [2.24, 2.45) is 5.92 Å². The maximum Gasteiger partial charge on any atom is 0.320 e. The summed E-state index contributed by atoms with van der Waals surface area (Å²) in [5, 5.41) is 3.10. The van der Waals surface area contributed by atoms with Crippen molar-refractivity contribution in [3.8, 4) is 0 Å². The lowest BCUT2D eigenvalue weighted by Gasteiger charge is -2.35. The van der Waals surface area contributed by atoms with Crippen LogP contribution in [0.1, 0.15) is 45.2 Å². The van der Waals surface area contributed by atoms with Crippen LogP contribution in [0.5, 0.6) is 0 Å². The molecule has 3 amide bonds. The fraction of sp³-hybridized carbons (Fsp3) is 0.579. The van der Waals surface area contributed by atoms with Gasteiger partial charge < -0.3 is 15.1 Å². The van der Waals surface area contributed by atoms with Crippen LogP contribution >= 0.6 is 15.9 Å². The monoisotopic (exact) mass is 409 g/mol. The van der Waals surface area contributed by atoms with E-state index < -0.39 is 0 Å². The van der Waals surface area contributed by atoms with Gasteiger partial charge in [0.1, 0.15) is 0 Å². The Morgan fingerprint density at radius 2 is 2.08 bits per heavy atom. The number of nitrogens with zero attached hydrogens (tertiary/aromatic N) is 2. The van der Waals surface area contributed by atoms with Crippen molar-refractivity contribution in [3.63, 3.8) is 0 Å². The van der Waals surface area contributed by atoms with E-state index in [0.717, 1.165) is 29.4 Å². The summed E-state index contributed by atoms with van der Waals surface area (Å²) < 4.78 is 1.000. The first-order chi connectivity index (χ1) is 12.0. The molecule has 0 aromatic heterocycles. The highest BCUT2D eigenvalue weighted by molar-refractivity contribution is 9.10. The van der Waals surface area contributed by atoms with Gasteiger partial charge in [-0.15, -0.1) is 0 Å². The van der Waals surface area contributed by atoms with Gasteiger partial charge in [0.25, 0.3) is 0 Å². The predicted molar refractivity (Wildman–Crippen MR) is 103 cm³/mol. The average Bonchev–Trinajstić information content (AvgIpc) is 2.62. The molecule has 1 saturated heterocycles. The van der Waals surface area contributed by atoms with Gasteiger partial charge in [-0.1, -0.05) is 28.1 Å². The first-order valence-corrected chi connectivity index (χ1v) is 9.85. The minimum absolute atomic E-state index is 0.0320. The van der Waals surface area contributed by atoms with Gasteiger partial charge in [0, 0.05) is 30.7 Å². The molecule has 138 valence electrons. The highest BCUT2D eigenvalue weighted by atomic mass is 79.9. The first kappa shape index (κ1) is 19.8. The lowest BCUT2D eigenvalue weighted by molar-refractivity contribution is -0.127. The van der Waals surface area contributed by atoms with Gasteiger partial charge in [-0.2, -0.15) is 0 Å². The summed E-state index contributed by atoms with van der Waals surface area (Å²) in [6.45, 7) is 8.59. The van der Waals surface area contributed by atoms with Gasteiger partial charge >= 0.3 is 6.03 Å². The lowest BCUT2D eigenvalue weighted by Crippen LogP contribution is -2.50. The zero-order valence-corrected chi connectivity index (χ0v) is 16.9. The average molecular weight is 410 g/mol. The molecule has 0 saturated carbocycles. The summed E-state index contributed by atoms with van der Waals surface area (Å²) in [5.74, 6) is -0.104. The van der Waals surface area contributed by atoms with Crippen LogP contribution in [0, 0.1) is 5.92 Å². The second-order valence-electron chi connectivity index (χ2n) is 6.53. The van der Waals surface area contributed by atoms with E-state index in [2.05, 4.69) is 21.2 Å². The molecule has 2 rings (SSSR count). The zero-order valence-electron chi connectivity index (χ0n) is 15.3. The van der Waals surface area contributed by atoms with Crippen LogP contribution < -0.4 is 5.32 Å². The molecule has 5 nitrogen and oxygen atoms in total. The SMILES string of the molecule is CCN(CC)C(=O)N1CCC[C@H](C(=O)N[C@H](C)c2cccc(Br)c2)C1. The predicted octanol–water partition coefficient (Wildman–Crippen LogP) is 3.80. The number of rotatable bonds is 5. The maximum absolute atomic E-state index is 12.7. The molecule has 1 heterocycles. The zero-order chi connectivity index (χ0) is 18.4. The van der Waals surface area contributed by atoms with E-state index in [1.807, 2.05) is 54.8 Å². The fourth-order valence-electron chi connectivity index (χ4n) is 3.25. The van der Waals surface area contributed by atoms with Gasteiger partial charge in [0.05, 0.1) is 12.0 Å². The summed E-state index contributed by atoms with van der Waals surface area (Å²) in [4.78, 5) is 28.8. The number of carbonyl (C=O) groups excluding carboxylic acids is 2. The molecule has 0 aliphatic carbocycles. The second kappa shape index (κ2) is 9.22. The van der Waals surface area contributed by atoms with Crippen LogP contribution in [0.15, 0.2) is 28.7 Å². The molecule has 1 aliphatic rings. The van der Waals surface area contributed by atoms with Crippen LogP contribution in [0.25, 0.3) is 0 Å². The number of benzene rings is 1. The van der Waals surface area contributed by atoms with E-state index >= 15 is 0 Å². The van der Waals surface area contributed by atoms with Crippen molar-refractivity contribution in [3.05, 3.63) is 34.3 Å². The molecule has 1 aromatic rings. The number of nitrogens with one attached hydrogen (secondary N) is 1. The van der Waals surface area contributed by atoms with Gasteiger partial charge in [0.2, 0.25) is 5.91 Å². The number of amides is 3. The second-order valence-corrected chi connectivity index (χ2v) is 7.44. The smallest absolute Gasteiger partial charge is 0.320 e. The van der Waals surface area contributed by atoms with Crippen molar-refractivity contribution in [1.82, 2.24) is 15.1 Å². The van der Waals surface area contributed by atoms with E-state index in [1.165, 1.54) is 0 Å². The molecule has 6 heteroatoms. The molecular formula is C19H28BrN3O2. The van der Waals surface area contributed by atoms with Gasteiger partial charge in [0.15, 0.2) is 0 Å². The molecule has 1 N–H and O–H groups in total. The van der Waals surface area contributed by atoms with Crippen LogP contribution in [0.2, 0.25) is 0 Å². The van der Waals surface area contributed by atoms with Crippen molar-refractivity contribution in [2.45, 2.75) is 39.7 Å². The van der Waals surface area contributed by atoms with Crippen LogP contribution in [0.4, 0.5) is 4.79 Å². The highest BCUT2D eigenvalue weighted by Gasteiger charge is 2.30. The molecule has 25 heavy (non-hydrogen) atoms. The normalized spacial score (nSPS) is 18.6. The molecule has 0 unspecified atom stereocenters. The Morgan fingerprint density at radius 3 is 2.72 bits per heavy atom. The Morgan fingerprint density at radius 1 is 1.36 bits per heavy atom. The summed E-state index contributed by atoms with van der Waals surface area (Å²) in [6, 6.07) is 7.94. The largest absolute Gasteiger partial charge is 0.349 e. The Labute approximate surface area is 158 Å². The molecule has 1 aliphatic heterocycles. The highest BCUT2D eigenvalue weighted by Crippen LogP contribution is 2.21. The summed E-state index contributed by atoms with van der Waals surface area (Å²) >= 11 is 3.46. The molecule has 0 radical (unpaired) electrons. The Bertz CT molecular complexity index is 604. The van der Waals surface area contributed by atoms with Crippen molar-refractivity contribution < 1.29 is 9.59 Å². The summed E-state index contributed by atoms with van der Waals surface area (Å²) in [5.41, 5.74) is 1.06. The van der Waals surface area contributed by atoms with E-state index in [1.54, 1.807) is 0 Å². The first-order valence-electron chi connectivity index (χ1n) is 9.05. The van der Waals surface area contributed by atoms with E-state index in [4.69, 9.17) is 0 Å². The number of halogens is 1. The summed E-state index contributed by atoms with van der Waals surface area (Å²) in [6.07, 6.45) is 1.70. The quantitative estimate of drug-likeness (QED) is 0.803. The number of urea groups is 1. The van der Waals surface area contributed by atoms with Crippen molar-refractivity contribution in [1.29, 1.82) is 0 Å². The van der Waals surface area contributed by atoms with Crippen LogP contribution in [0.3, 0.4) is 0 Å². The van der Waals surface area contributed by atoms with Gasteiger partial charge in [-0.05, 0) is 51.3 Å². The minimum atomic E-state index is -0.136. The molecule has 0 bridgehead atoms. The molecule has 1 aromatic carbocycles. The number of hydrogen-bond donors (Lipinski definition) is 1. The van der Waals surface area contributed by atoms with Crippen molar-refractivity contribution in [2.75, 3.05) is 26.2 Å². The van der Waals surface area contributed by atoms with Gasteiger partial charge in [-0.25, -0.2) is 4.79 Å². The summed E-state index contributed by atoms with van der Waals surface area (Å²) in [7, 11) is 0. The van der Waals surface area contributed by atoms with Crippen LogP contribution in [-0.4, -0.2) is 47.9 Å². The fourth-order valence-corrected chi connectivity index (χ4v) is 3.67. The van der Waals surface area contributed by atoms with Crippen LogP contribution in [-0.2, 0) is 4.79 Å². The number of likely N-dealkylation sites (tertiary alicyclic amines) is 1.